The maximum Gasteiger partial charge on any atom is 0.223 e. The predicted molar refractivity (Wildman–Crippen MR) is 94.6 cm³/mol. The minimum absolute atomic E-state index is 0.231. The molecule has 1 amide bonds. The number of carbonyl (C=O) groups excluding carboxylic acids is 1. The second-order valence-electron chi connectivity index (χ2n) is 5.74. The Hall–Kier alpha value is -1.60. The number of benzene rings is 1. The maximum atomic E-state index is 12.3. The van der Waals surface area contributed by atoms with Crippen LogP contribution in [-0.4, -0.2) is 49.9 Å². The molecule has 1 aliphatic rings. The average molecular weight is 366 g/mol. The average Bonchev–Trinajstić information content (AvgIpc) is 2.88. The van der Waals surface area contributed by atoms with Crippen molar-refractivity contribution in [2.45, 2.75) is 37.3 Å². The third kappa shape index (κ3) is 4.48. The van der Waals surface area contributed by atoms with Gasteiger partial charge in [-0.15, -0.1) is 5.10 Å². The Labute approximate surface area is 150 Å². The minimum atomic E-state index is 0.231. The highest BCUT2D eigenvalue weighted by atomic mass is 35.5. The Kier molecular flexibility index (Phi) is 6.09. The molecule has 0 N–H and O–H groups in total. The van der Waals surface area contributed by atoms with Gasteiger partial charge in [0.1, 0.15) is 0 Å². The van der Waals surface area contributed by atoms with Gasteiger partial charge in [0.25, 0.3) is 0 Å². The summed E-state index contributed by atoms with van der Waals surface area (Å²) in [5.41, 5.74) is 0.853. The summed E-state index contributed by atoms with van der Waals surface area (Å²) < 4.78 is 1.66. The number of rotatable bonds is 5. The second-order valence-corrected chi connectivity index (χ2v) is 7.24. The molecule has 2 aromatic rings. The number of thioether (sulfide) groups is 1. The van der Waals surface area contributed by atoms with Crippen molar-refractivity contribution >= 4 is 29.3 Å². The first-order chi connectivity index (χ1) is 11.7. The molecule has 1 saturated heterocycles. The number of amides is 1. The summed E-state index contributed by atoms with van der Waals surface area (Å²) in [5, 5.41) is 13.1. The van der Waals surface area contributed by atoms with Crippen molar-refractivity contribution in [1.82, 2.24) is 25.1 Å². The Morgan fingerprint density at radius 2 is 1.83 bits per heavy atom. The largest absolute Gasteiger partial charge is 0.343 e. The van der Waals surface area contributed by atoms with Crippen LogP contribution in [0.5, 0.6) is 0 Å². The molecule has 3 rings (SSSR count). The van der Waals surface area contributed by atoms with Gasteiger partial charge in [-0.25, -0.2) is 0 Å². The third-order valence-electron chi connectivity index (χ3n) is 4.02. The molecule has 24 heavy (non-hydrogen) atoms. The van der Waals surface area contributed by atoms with Gasteiger partial charge in [-0.3, -0.25) is 4.79 Å². The molecule has 0 spiro atoms. The smallest absolute Gasteiger partial charge is 0.223 e. The first-order valence-corrected chi connectivity index (χ1v) is 9.55. The fourth-order valence-electron chi connectivity index (χ4n) is 2.72. The topological polar surface area (TPSA) is 63.9 Å². The summed E-state index contributed by atoms with van der Waals surface area (Å²) in [4.78, 5) is 14.3. The summed E-state index contributed by atoms with van der Waals surface area (Å²) in [5.74, 6) is 0.901. The first kappa shape index (κ1) is 17.2. The van der Waals surface area contributed by atoms with Gasteiger partial charge < -0.3 is 4.90 Å². The van der Waals surface area contributed by atoms with Crippen LogP contribution in [0.4, 0.5) is 0 Å². The van der Waals surface area contributed by atoms with Crippen LogP contribution in [0.2, 0.25) is 5.02 Å². The molecule has 0 radical (unpaired) electrons. The van der Waals surface area contributed by atoms with Crippen LogP contribution in [0.15, 0.2) is 29.4 Å². The first-order valence-electron chi connectivity index (χ1n) is 8.19. The Balaban J connectivity index is 1.55. The van der Waals surface area contributed by atoms with Gasteiger partial charge in [-0.05, 0) is 47.5 Å². The van der Waals surface area contributed by atoms with Crippen LogP contribution in [0.25, 0.3) is 5.69 Å². The van der Waals surface area contributed by atoms with Crippen LogP contribution >= 0.6 is 23.4 Å². The van der Waals surface area contributed by atoms with E-state index in [2.05, 4.69) is 15.5 Å². The lowest BCUT2D eigenvalue weighted by molar-refractivity contribution is -0.130. The number of likely N-dealkylation sites (tertiary alicyclic amines) is 1. The second kappa shape index (κ2) is 8.48. The van der Waals surface area contributed by atoms with Crippen molar-refractivity contribution in [2.75, 3.05) is 18.8 Å². The number of aromatic nitrogens is 4. The number of carbonyl (C=O) groups is 1. The number of hydrogen-bond donors (Lipinski definition) is 0. The van der Waals surface area contributed by atoms with Crippen LogP contribution in [0, 0.1) is 0 Å². The molecule has 8 heteroatoms. The minimum Gasteiger partial charge on any atom is -0.343 e. The van der Waals surface area contributed by atoms with E-state index in [-0.39, 0.29) is 5.91 Å². The standard InChI is InChI=1S/C16H20ClN5OS/c17-13-5-7-14(8-6-13)22-16(18-19-20-22)24-12-9-15(23)21-10-3-1-2-4-11-21/h5-8H,1-4,9-12H2. The van der Waals surface area contributed by atoms with E-state index in [1.54, 1.807) is 16.8 Å². The van der Waals surface area contributed by atoms with E-state index in [9.17, 15) is 4.79 Å². The summed E-state index contributed by atoms with van der Waals surface area (Å²) in [6.45, 7) is 1.79. The molecule has 0 unspecified atom stereocenters. The molecule has 0 atom stereocenters. The van der Waals surface area contributed by atoms with Crippen molar-refractivity contribution in [3.05, 3.63) is 29.3 Å². The zero-order valence-electron chi connectivity index (χ0n) is 13.4. The van der Waals surface area contributed by atoms with Gasteiger partial charge in [0.15, 0.2) is 0 Å². The maximum absolute atomic E-state index is 12.3. The molecule has 2 heterocycles. The Morgan fingerprint density at radius 1 is 1.12 bits per heavy atom. The van der Waals surface area contributed by atoms with Gasteiger partial charge in [-0.2, -0.15) is 4.68 Å². The van der Waals surface area contributed by atoms with Crippen molar-refractivity contribution in [1.29, 1.82) is 0 Å². The molecule has 0 saturated carbocycles. The van der Waals surface area contributed by atoms with E-state index in [0.717, 1.165) is 31.6 Å². The molecular formula is C16H20ClN5OS. The van der Waals surface area contributed by atoms with E-state index in [1.807, 2.05) is 17.0 Å². The van der Waals surface area contributed by atoms with Crippen molar-refractivity contribution in [3.63, 3.8) is 0 Å². The molecule has 1 aliphatic heterocycles. The summed E-state index contributed by atoms with van der Waals surface area (Å²) in [6, 6.07) is 7.34. The SMILES string of the molecule is O=C(CCSc1nnnn1-c1ccc(Cl)cc1)N1CCCCCC1. The molecule has 1 aromatic heterocycles. The normalized spacial score (nSPS) is 15.3. The van der Waals surface area contributed by atoms with Gasteiger partial charge in [-0.1, -0.05) is 36.2 Å². The summed E-state index contributed by atoms with van der Waals surface area (Å²) >= 11 is 7.41. The van der Waals surface area contributed by atoms with Crippen LogP contribution in [0.1, 0.15) is 32.1 Å². The fourth-order valence-corrected chi connectivity index (χ4v) is 3.66. The number of tetrazole rings is 1. The van der Waals surface area contributed by atoms with Gasteiger partial charge in [0, 0.05) is 30.3 Å². The van der Waals surface area contributed by atoms with E-state index in [4.69, 9.17) is 11.6 Å². The number of halogens is 1. The summed E-state index contributed by atoms with van der Waals surface area (Å²) in [7, 11) is 0. The highest BCUT2D eigenvalue weighted by molar-refractivity contribution is 7.99. The lowest BCUT2D eigenvalue weighted by Crippen LogP contribution is -2.31. The zero-order valence-corrected chi connectivity index (χ0v) is 15.0. The van der Waals surface area contributed by atoms with Gasteiger partial charge in [0.05, 0.1) is 5.69 Å². The molecule has 6 nitrogen and oxygen atoms in total. The molecule has 1 fully saturated rings. The highest BCUT2D eigenvalue weighted by Gasteiger charge is 2.16. The Morgan fingerprint density at radius 3 is 2.54 bits per heavy atom. The molecule has 128 valence electrons. The zero-order chi connectivity index (χ0) is 16.8. The van der Waals surface area contributed by atoms with Gasteiger partial charge >= 0.3 is 0 Å². The molecule has 0 aliphatic carbocycles. The van der Waals surface area contributed by atoms with E-state index >= 15 is 0 Å². The van der Waals surface area contributed by atoms with E-state index < -0.39 is 0 Å². The molecule has 0 bridgehead atoms. The van der Waals surface area contributed by atoms with Crippen molar-refractivity contribution in [3.8, 4) is 5.69 Å². The van der Waals surface area contributed by atoms with Crippen LogP contribution in [-0.2, 0) is 4.79 Å². The Bertz CT molecular complexity index is 667. The predicted octanol–water partition coefficient (Wildman–Crippen LogP) is 3.20. The molecular weight excluding hydrogens is 346 g/mol. The monoisotopic (exact) mass is 365 g/mol. The van der Waals surface area contributed by atoms with Crippen LogP contribution in [0.3, 0.4) is 0 Å². The van der Waals surface area contributed by atoms with Crippen molar-refractivity contribution in [2.24, 2.45) is 0 Å². The fraction of sp³-hybridized carbons (Fsp3) is 0.500. The number of hydrogen-bond acceptors (Lipinski definition) is 5. The summed E-state index contributed by atoms with van der Waals surface area (Å²) in [6.07, 6.45) is 5.21. The van der Waals surface area contributed by atoms with Crippen molar-refractivity contribution < 1.29 is 4.79 Å². The van der Waals surface area contributed by atoms with E-state index in [0.29, 0.717) is 22.4 Å². The highest BCUT2D eigenvalue weighted by Crippen LogP contribution is 2.21. The third-order valence-corrected chi connectivity index (χ3v) is 5.19. The quantitative estimate of drug-likeness (QED) is 0.761. The van der Waals surface area contributed by atoms with Gasteiger partial charge in [0.2, 0.25) is 11.1 Å². The molecule has 1 aromatic carbocycles. The number of nitrogens with zero attached hydrogens (tertiary/aromatic N) is 5. The lowest BCUT2D eigenvalue weighted by Gasteiger charge is -2.19. The lowest BCUT2D eigenvalue weighted by atomic mass is 10.2. The van der Waals surface area contributed by atoms with E-state index in [1.165, 1.54) is 24.6 Å². The van der Waals surface area contributed by atoms with Crippen LogP contribution < -0.4 is 0 Å².